The SMILES string of the molecule is Cc1ccc(C(=O)NCc2ccc3ccccc3c2)cn1. The molecule has 3 aromatic rings. The Labute approximate surface area is 123 Å². The van der Waals surface area contributed by atoms with Crippen LogP contribution in [0.4, 0.5) is 0 Å². The summed E-state index contributed by atoms with van der Waals surface area (Å²) >= 11 is 0. The van der Waals surface area contributed by atoms with Crippen molar-refractivity contribution < 1.29 is 4.79 Å². The average molecular weight is 276 g/mol. The van der Waals surface area contributed by atoms with E-state index in [1.807, 2.05) is 31.2 Å². The van der Waals surface area contributed by atoms with Crippen LogP contribution in [0, 0.1) is 6.92 Å². The predicted molar refractivity (Wildman–Crippen MR) is 84.1 cm³/mol. The van der Waals surface area contributed by atoms with Crippen molar-refractivity contribution in [2.24, 2.45) is 0 Å². The Morgan fingerprint density at radius 3 is 2.62 bits per heavy atom. The summed E-state index contributed by atoms with van der Waals surface area (Å²) in [6.07, 6.45) is 1.60. The molecular weight excluding hydrogens is 260 g/mol. The molecule has 1 amide bonds. The van der Waals surface area contributed by atoms with Crippen molar-refractivity contribution in [3.63, 3.8) is 0 Å². The highest BCUT2D eigenvalue weighted by atomic mass is 16.1. The molecule has 0 bridgehead atoms. The lowest BCUT2D eigenvalue weighted by Gasteiger charge is -2.07. The van der Waals surface area contributed by atoms with Crippen molar-refractivity contribution >= 4 is 16.7 Å². The van der Waals surface area contributed by atoms with Crippen LogP contribution in [0.3, 0.4) is 0 Å². The second kappa shape index (κ2) is 5.75. The summed E-state index contributed by atoms with van der Waals surface area (Å²) in [5, 5.41) is 5.31. The van der Waals surface area contributed by atoms with Crippen LogP contribution in [0.25, 0.3) is 10.8 Å². The molecule has 0 radical (unpaired) electrons. The van der Waals surface area contributed by atoms with Gasteiger partial charge in [-0.3, -0.25) is 9.78 Å². The zero-order valence-corrected chi connectivity index (χ0v) is 11.8. The standard InChI is InChI=1S/C18H16N2O/c1-13-6-8-17(12-19-13)18(21)20-11-14-7-9-15-4-2-3-5-16(15)10-14/h2-10,12H,11H2,1H3,(H,20,21). The molecule has 1 N–H and O–H groups in total. The summed E-state index contributed by atoms with van der Waals surface area (Å²) < 4.78 is 0. The van der Waals surface area contributed by atoms with E-state index < -0.39 is 0 Å². The maximum absolute atomic E-state index is 12.0. The van der Waals surface area contributed by atoms with Crippen LogP contribution in [0.2, 0.25) is 0 Å². The fraction of sp³-hybridized carbons (Fsp3) is 0.111. The molecule has 3 heteroatoms. The molecular formula is C18H16N2O. The zero-order chi connectivity index (χ0) is 14.7. The Balaban J connectivity index is 1.71. The van der Waals surface area contributed by atoms with Gasteiger partial charge in [-0.15, -0.1) is 0 Å². The van der Waals surface area contributed by atoms with Crippen molar-refractivity contribution in [3.05, 3.63) is 77.6 Å². The zero-order valence-electron chi connectivity index (χ0n) is 11.8. The lowest BCUT2D eigenvalue weighted by atomic mass is 10.1. The summed E-state index contributed by atoms with van der Waals surface area (Å²) in [5.41, 5.74) is 2.57. The fourth-order valence-corrected chi connectivity index (χ4v) is 2.24. The van der Waals surface area contributed by atoms with Crippen LogP contribution in [-0.4, -0.2) is 10.9 Å². The molecule has 2 aromatic carbocycles. The van der Waals surface area contributed by atoms with E-state index >= 15 is 0 Å². The maximum Gasteiger partial charge on any atom is 0.253 e. The molecule has 0 spiro atoms. The first-order valence-electron chi connectivity index (χ1n) is 6.91. The Morgan fingerprint density at radius 1 is 1.05 bits per heavy atom. The van der Waals surface area contributed by atoms with Gasteiger partial charge in [0, 0.05) is 18.4 Å². The van der Waals surface area contributed by atoms with Crippen LogP contribution < -0.4 is 5.32 Å². The van der Waals surface area contributed by atoms with Crippen LogP contribution in [-0.2, 0) is 6.54 Å². The number of hydrogen-bond donors (Lipinski definition) is 1. The predicted octanol–water partition coefficient (Wildman–Crippen LogP) is 3.47. The third-order valence-corrected chi connectivity index (χ3v) is 3.44. The molecule has 1 heterocycles. The number of carbonyl (C=O) groups excluding carboxylic acids is 1. The molecule has 0 fully saturated rings. The van der Waals surface area contributed by atoms with Crippen molar-refractivity contribution in [2.75, 3.05) is 0 Å². The van der Waals surface area contributed by atoms with Gasteiger partial charge in [-0.1, -0.05) is 36.4 Å². The number of amides is 1. The minimum absolute atomic E-state index is 0.101. The second-order valence-corrected chi connectivity index (χ2v) is 5.05. The molecule has 0 saturated heterocycles. The lowest BCUT2D eigenvalue weighted by molar-refractivity contribution is 0.0950. The monoisotopic (exact) mass is 276 g/mol. The van der Waals surface area contributed by atoms with E-state index in [0.29, 0.717) is 12.1 Å². The number of nitrogens with one attached hydrogen (secondary N) is 1. The van der Waals surface area contributed by atoms with E-state index in [2.05, 4.69) is 34.6 Å². The van der Waals surface area contributed by atoms with Crippen molar-refractivity contribution in [1.82, 2.24) is 10.3 Å². The average Bonchev–Trinajstić information content (AvgIpc) is 2.53. The fourth-order valence-electron chi connectivity index (χ4n) is 2.24. The number of aromatic nitrogens is 1. The minimum Gasteiger partial charge on any atom is -0.348 e. The Morgan fingerprint density at radius 2 is 1.86 bits per heavy atom. The van der Waals surface area contributed by atoms with Gasteiger partial charge < -0.3 is 5.32 Å². The molecule has 1 aromatic heterocycles. The molecule has 3 rings (SSSR count). The first-order chi connectivity index (χ1) is 10.2. The molecule has 0 aliphatic heterocycles. The van der Waals surface area contributed by atoms with Gasteiger partial charge in [0.2, 0.25) is 0 Å². The van der Waals surface area contributed by atoms with E-state index in [9.17, 15) is 4.79 Å². The second-order valence-electron chi connectivity index (χ2n) is 5.05. The van der Waals surface area contributed by atoms with E-state index in [-0.39, 0.29) is 5.91 Å². The number of carbonyl (C=O) groups is 1. The normalized spacial score (nSPS) is 10.5. The number of nitrogens with zero attached hydrogens (tertiary/aromatic N) is 1. The molecule has 0 unspecified atom stereocenters. The first kappa shape index (κ1) is 13.3. The molecule has 104 valence electrons. The number of fused-ring (bicyclic) bond motifs is 1. The Hall–Kier alpha value is -2.68. The highest BCUT2D eigenvalue weighted by molar-refractivity contribution is 5.93. The van der Waals surface area contributed by atoms with Crippen molar-refractivity contribution in [3.8, 4) is 0 Å². The molecule has 0 atom stereocenters. The van der Waals surface area contributed by atoms with Gasteiger partial charge >= 0.3 is 0 Å². The maximum atomic E-state index is 12.0. The van der Waals surface area contributed by atoms with Gasteiger partial charge in [-0.25, -0.2) is 0 Å². The van der Waals surface area contributed by atoms with Gasteiger partial charge in [-0.2, -0.15) is 0 Å². The summed E-state index contributed by atoms with van der Waals surface area (Å²) in [6.45, 7) is 2.41. The van der Waals surface area contributed by atoms with E-state index in [4.69, 9.17) is 0 Å². The van der Waals surface area contributed by atoms with Crippen molar-refractivity contribution in [1.29, 1.82) is 0 Å². The lowest BCUT2D eigenvalue weighted by Crippen LogP contribution is -2.22. The number of pyridine rings is 1. The van der Waals surface area contributed by atoms with Gasteiger partial charge in [0.05, 0.1) is 5.56 Å². The summed E-state index contributed by atoms with van der Waals surface area (Å²) in [5.74, 6) is -0.101. The highest BCUT2D eigenvalue weighted by Crippen LogP contribution is 2.15. The van der Waals surface area contributed by atoms with Gasteiger partial charge in [-0.05, 0) is 41.5 Å². The number of aryl methyl sites for hydroxylation is 1. The number of rotatable bonds is 3. The third kappa shape index (κ3) is 3.08. The highest BCUT2D eigenvalue weighted by Gasteiger charge is 2.05. The molecule has 0 aliphatic carbocycles. The van der Waals surface area contributed by atoms with E-state index in [1.165, 1.54) is 10.8 Å². The van der Waals surface area contributed by atoms with E-state index in [1.54, 1.807) is 12.3 Å². The Kier molecular flexibility index (Phi) is 3.65. The number of hydrogen-bond acceptors (Lipinski definition) is 2. The molecule has 0 aliphatic rings. The quantitative estimate of drug-likeness (QED) is 0.796. The van der Waals surface area contributed by atoms with Crippen LogP contribution in [0.5, 0.6) is 0 Å². The largest absolute Gasteiger partial charge is 0.348 e. The minimum atomic E-state index is -0.101. The first-order valence-corrected chi connectivity index (χ1v) is 6.91. The molecule has 21 heavy (non-hydrogen) atoms. The Bertz CT molecular complexity index is 779. The molecule has 3 nitrogen and oxygen atoms in total. The summed E-state index contributed by atoms with van der Waals surface area (Å²) in [4.78, 5) is 16.2. The van der Waals surface area contributed by atoms with Crippen LogP contribution in [0.1, 0.15) is 21.6 Å². The smallest absolute Gasteiger partial charge is 0.253 e. The molecule has 0 saturated carbocycles. The van der Waals surface area contributed by atoms with Gasteiger partial charge in [0.1, 0.15) is 0 Å². The van der Waals surface area contributed by atoms with Crippen molar-refractivity contribution in [2.45, 2.75) is 13.5 Å². The topological polar surface area (TPSA) is 42.0 Å². The van der Waals surface area contributed by atoms with Gasteiger partial charge in [0.15, 0.2) is 0 Å². The summed E-state index contributed by atoms with van der Waals surface area (Å²) in [6, 6.07) is 18.0. The van der Waals surface area contributed by atoms with Crippen LogP contribution in [0.15, 0.2) is 60.8 Å². The number of benzene rings is 2. The summed E-state index contributed by atoms with van der Waals surface area (Å²) in [7, 11) is 0. The third-order valence-electron chi connectivity index (χ3n) is 3.44. The van der Waals surface area contributed by atoms with Gasteiger partial charge in [0.25, 0.3) is 5.91 Å². The van der Waals surface area contributed by atoms with Crippen LogP contribution >= 0.6 is 0 Å². The van der Waals surface area contributed by atoms with E-state index in [0.717, 1.165) is 11.3 Å².